The minimum absolute atomic E-state index is 0.0357. The average molecular weight is 374 g/mol. The van der Waals surface area contributed by atoms with E-state index in [2.05, 4.69) is 5.32 Å². The van der Waals surface area contributed by atoms with Crippen molar-refractivity contribution in [3.63, 3.8) is 0 Å². The number of carboxylic acid groups (broad SMARTS) is 1. The first-order valence-corrected chi connectivity index (χ1v) is 9.15. The minimum atomic E-state index is -1.19. The Kier molecular flexibility index (Phi) is 6.91. The van der Waals surface area contributed by atoms with Gasteiger partial charge in [-0.25, -0.2) is 4.79 Å². The average Bonchev–Trinajstić information content (AvgIpc) is 2.99. The van der Waals surface area contributed by atoms with Gasteiger partial charge in [-0.1, -0.05) is 29.8 Å². The van der Waals surface area contributed by atoms with Crippen molar-refractivity contribution in [1.29, 1.82) is 0 Å². The Morgan fingerprint density at radius 3 is 2.46 bits per heavy atom. The number of ether oxygens (including phenoxy) is 1. The van der Waals surface area contributed by atoms with Crippen molar-refractivity contribution in [3.05, 3.63) is 40.8 Å². The number of anilines is 1. The highest BCUT2D eigenvalue weighted by atomic mass is 32.1. The molecule has 1 heterocycles. The number of carboxylic acids is 1. The highest BCUT2D eigenvalue weighted by Gasteiger charge is 2.22. The number of carbonyl (C=O) groups is 3. The minimum Gasteiger partial charge on any atom is -0.550 e. The molecular weight excluding hydrogens is 354 g/mol. The fraction of sp³-hybridized carbons (Fsp3) is 0.316. The molecule has 0 saturated heterocycles. The van der Waals surface area contributed by atoms with Gasteiger partial charge >= 0.3 is 5.97 Å². The number of rotatable bonds is 8. The van der Waals surface area contributed by atoms with Gasteiger partial charge in [0.2, 0.25) is 5.91 Å². The molecule has 0 saturated carbocycles. The Labute approximate surface area is 155 Å². The van der Waals surface area contributed by atoms with Crippen LogP contribution >= 0.6 is 11.3 Å². The van der Waals surface area contributed by atoms with Crippen molar-refractivity contribution in [2.75, 3.05) is 11.9 Å². The molecule has 2 aromatic rings. The van der Waals surface area contributed by atoms with Crippen LogP contribution in [0.3, 0.4) is 0 Å². The largest absolute Gasteiger partial charge is 0.550 e. The van der Waals surface area contributed by atoms with Crippen LogP contribution in [-0.2, 0) is 14.3 Å². The molecule has 0 spiro atoms. The lowest BCUT2D eigenvalue weighted by Gasteiger charge is -2.09. The SMILES string of the molecule is CCOC(=O)c1c(-c2ccc(C)cc2)csc1NC(=O)CCCC(=O)[O-]. The quantitative estimate of drug-likeness (QED) is 0.717. The second kappa shape index (κ2) is 9.15. The number of nitrogens with one attached hydrogen (secondary N) is 1. The molecule has 2 rings (SSSR count). The molecule has 0 unspecified atom stereocenters. The van der Waals surface area contributed by atoms with Crippen LogP contribution in [0.25, 0.3) is 11.1 Å². The molecule has 138 valence electrons. The van der Waals surface area contributed by atoms with E-state index in [1.54, 1.807) is 12.3 Å². The number of amides is 1. The number of hydrogen-bond donors (Lipinski definition) is 1. The predicted octanol–water partition coefficient (Wildman–Crippen LogP) is 2.76. The van der Waals surface area contributed by atoms with E-state index in [1.807, 2.05) is 31.2 Å². The van der Waals surface area contributed by atoms with E-state index in [4.69, 9.17) is 4.74 Å². The maximum Gasteiger partial charge on any atom is 0.341 e. The highest BCUT2D eigenvalue weighted by molar-refractivity contribution is 7.15. The summed E-state index contributed by atoms with van der Waals surface area (Å²) in [7, 11) is 0. The fourth-order valence-corrected chi connectivity index (χ4v) is 3.36. The van der Waals surface area contributed by atoms with E-state index in [1.165, 1.54) is 11.3 Å². The molecule has 1 aromatic carbocycles. The fourth-order valence-electron chi connectivity index (χ4n) is 2.38. The van der Waals surface area contributed by atoms with E-state index in [-0.39, 0.29) is 31.8 Å². The lowest BCUT2D eigenvalue weighted by Crippen LogP contribution is -2.22. The van der Waals surface area contributed by atoms with E-state index < -0.39 is 11.9 Å². The highest BCUT2D eigenvalue weighted by Crippen LogP contribution is 2.36. The maximum absolute atomic E-state index is 12.4. The lowest BCUT2D eigenvalue weighted by molar-refractivity contribution is -0.305. The van der Waals surface area contributed by atoms with Crippen molar-refractivity contribution in [2.24, 2.45) is 0 Å². The molecule has 0 aliphatic heterocycles. The number of aryl methyl sites for hydroxylation is 1. The topological polar surface area (TPSA) is 95.5 Å². The summed E-state index contributed by atoms with van der Waals surface area (Å²) >= 11 is 1.24. The summed E-state index contributed by atoms with van der Waals surface area (Å²) in [5.41, 5.74) is 2.96. The summed E-state index contributed by atoms with van der Waals surface area (Å²) in [5, 5.41) is 15.3. The number of benzene rings is 1. The van der Waals surface area contributed by atoms with Crippen LogP contribution in [0.1, 0.15) is 42.1 Å². The monoisotopic (exact) mass is 374 g/mol. The predicted molar refractivity (Wildman–Crippen MR) is 97.9 cm³/mol. The normalized spacial score (nSPS) is 10.4. The maximum atomic E-state index is 12.4. The third-order valence-corrected chi connectivity index (χ3v) is 4.57. The zero-order valence-corrected chi connectivity index (χ0v) is 15.5. The number of esters is 1. The van der Waals surface area contributed by atoms with Crippen molar-refractivity contribution in [2.45, 2.75) is 33.1 Å². The molecule has 26 heavy (non-hydrogen) atoms. The summed E-state index contributed by atoms with van der Waals surface area (Å²) < 4.78 is 5.14. The van der Waals surface area contributed by atoms with Gasteiger partial charge in [0, 0.05) is 23.3 Å². The molecule has 0 aliphatic rings. The van der Waals surface area contributed by atoms with Crippen LogP contribution < -0.4 is 10.4 Å². The van der Waals surface area contributed by atoms with Gasteiger partial charge in [0.25, 0.3) is 0 Å². The molecular formula is C19H20NO5S-. The van der Waals surface area contributed by atoms with Gasteiger partial charge in [-0.05, 0) is 32.3 Å². The Bertz CT molecular complexity index is 795. The van der Waals surface area contributed by atoms with Gasteiger partial charge in [0.05, 0.1) is 6.61 Å². The van der Waals surface area contributed by atoms with Crippen LogP contribution in [0.4, 0.5) is 5.00 Å². The van der Waals surface area contributed by atoms with Crippen molar-refractivity contribution in [3.8, 4) is 11.1 Å². The molecule has 6 nitrogen and oxygen atoms in total. The molecule has 1 N–H and O–H groups in total. The molecule has 1 amide bonds. The van der Waals surface area contributed by atoms with Crippen LogP contribution in [0.2, 0.25) is 0 Å². The van der Waals surface area contributed by atoms with Crippen LogP contribution in [0.15, 0.2) is 29.6 Å². The number of aliphatic carboxylic acids is 1. The van der Waals surface area contributed by atoms with E-state index >= 15 is 0 Å². The molecule has 0 atom stereocenters. The van der Waals surface area contributed by atoms with Gasteiger partial charge in [-0.3, -0.25) is 4.79 Å². The number of hydrogen-bond acceptors (Lipinski definition) is 6. The summed E-state index contributed by atoms with van der Waals surface area (Å²) in [5.74, 6) is -2.05. The van der Waals surface area contributed by atoms with Gasteiger partial charge in [-0.15, -0.1) is 11.3 Å². The summed E-state index contributed by atoms with van der Waals surface area (Å²) in [4.78, 5) is 34.9. The third kappa shape index (κ3) is 5.16. The Hall–Kier alpha value is -2.67. The summed E-state index contributed by atoms with van der Waals surface area (Å²) in [6, 6.07) is 7.71. The zero-order chi connectivity index (χ0) is 19.1. The van der Waals surface area contributed by atoms with Crippen LogP contribution in [-0.4, -0.2) is 24.5 Å². The van der Waals surface area contributed by atoms with Gasteiger partial charge in [0.15, 0.2) is 0 Å². The zero-order valence-electron chi connectivity index (χ0n) is 14.7. The smallest absolute Gasteiger partial charge is 0.341 e. The molecule has 0 radical (unpaired) electrons. The van der Waals surface area contributed by atoms with Crippen molar-refractivity contribution < 1.29 is 24.2 Å². The first kappa shape index (κ1) is 19.7. The van der Waals surface area contributed by atoms with Crippen LogP contribution in [0.5, 0.6) is 0 Å². The standard InChI is InChI=1S/C19H21NO5S/c1-3-25-19(24)17-14(13-9-7-12(2)8-10-13)11-26-18(17)20-15(21)5-4-6-16(22)23/h7-11H,3-6H2,1-2H3,(H,20,21)(H,22,23)/p-1. The molecule has 7 heteroatoms. The Morgan fingerprint density at radius 2 is 1.85 bits per heavy atom. The van der Waals surface area contributed by atoms with Gasteiger partial charge < -0.3 is 20.0 Å². The van der Waals surface area contributed by atoms with Crippen molar-refractivity contribution in [1.82, 2.24) is 0 Å². The number of thiophene rings is 1. The Balaban J connectivity index is 2.25. The second-order valence-electron chi connectivity index (χ2n) is 5.71. The third-order valence-electron chi connectivity index (χ3n) is 3.67. The summed E-state index contributed by atoms with van der Waals surface area (Å²) in [6.07, 6.45) is 0.0321. The van der Waals surface area contributed by atoms with E-state index in [0.29, 0.717) is 16.1 Å². The molecule has 1 aromatic heterocycles. The molecule has 0 aliphatic carbocycles. The first-order valence-electron chi connectivity index (χ1n) is 8.27. The lowest BCUT2D eigenvalue weighted by atomic mass is 10.0. The van der Waals surface area contributed by atoms with Crippen LogP contribution in [0, 0.1) is 6.92 Å². The van der Waals surface area contributed by atoms with Gasteiger partial charge in [-0.2, -0.15) is 0 Å². The number of carbonyl (C=O) groups excluding carboxylic acids is 3. The summed E-state index contributed by atoms with van der Waals surface area (Å²) in [6.45, 7) is 3.91. The van der Waals surface area contributed by atoms with E-state index in [9.17, 15) is 19.5 Å². The first-order chi connectivity index (χ1) is 12.4. The van der Waals surface area contributed by atoms with E-state index in [0.717, 1.165) is 11.1 Å². The Morgan fingerprint density at radius 1 is 1.15 bits per heavy atom. The molecule has 0 bridgehead atoms. The van der Waals surface area contributed by atoms with Gasteiger partial charge in [0.1, 0.15) is 10.6 Å². The second-order valence-corrected chi connectivity index (χ2v) is 6.59. The molecule has 0 fully saturated rings. The van der Waals surface area contributed by atoms with Crippen molar-refractivity contribution >= 4 is 34.2 Å².